The minimum Gasteiger partial charge on any atom is -0.376 e. The summed E-state index contributed by atoms with van der Waals surface area (Å²) in [5.41, 5.74) is -2.21. The number of alkyl halides is 3. The Balaban J connectivity index is 2.34. The van der Waals surface area contributed by atoms with Crippen LogP contribution in [-0.4, -0.2) is 17.2 Å². The summed E-state index contributed by atoms with van der Waals surface area (Å²) in [6.45, 7) is 3.65. The van der Waals surface area contributed by atoms with E-state index in [-0.39, 0.29) is 11.1 Å². The van der Waals surface area contributed by atoms with Gasteiger partial charge in [-0.05, 0) is 35.2 Å². The van der Waals surface area contributed by atoms with Crippen molar-refractivity contribution in [1.82, 2.24) is 3.53 Å². The number of halogens is 4. The normalized spacial score (nSPS) is 26.9. The van der Waals surface area contributed by atoms with Crippen molar-refractivity contribution in [1.29, 1.82) is 0 Å². The van der Waals surface area contributed by atoms with Crippen LogP contribution in [0.1, 0.15) is 33.0 Å². The zero-order valence-electron chi connectivity index (χ0n) is 13.0. The van der Waals surface area contributed by atoms with Crippen molar-refractivity contribution in [3.05, 3.63) is 71.3 Å². The maximum absolute atomic E-state index is 13.9. The highest BCUT2D eigenvalue weighted by molar-refractivity contribution is 14.1. The van der Waals surface area contributed by atoms with Gasteiger partial charge in [0.2, 0.25) is 0 Å². The number of nitrogens with one attached hydrogen (secondary N) is 1. The highest BCUT2D eigenvalue weighted by atomic mass is 127. The van der Waals surface area contributed by atoms with Crippen LogP contribution < -0.4 is 3.53 Å². The monoisotopic (exact) mass is 461 g/mol. The molecule has 0 aliphatic heterocycles. The van der Waals surface area contributed by atoms with Gasteiger partial charge >= 0.3 is 6.18 Å². The van der Waals surface area contributed by atoms with Gasteiger partial charge in [0.15, 0.2) is 5.60 Å². The molecule has 1 aromatic rings. The Bertz CT molecular complexity index is 800. The predicted octanol–water partition coefficient (Wildman–Crippen LogP) is 4.08. The third kappa shape index (κ3) is 2.64. The molecule has 0 spiro atoms. The van der Waals surface area contributed by atoms with E-state index in [0.717, 1.165) is 6.07 Å². The minimum atomic E-state index is -4.87. The second-order valence-electron chi connectivity index (χ2n) is 6.10. The van der Waals surface area contributed by atoms with E-state index in [0.29, 0.717) is 17.5 Å². The zero-order chi connectivity index (χ0) is 18.4. The number of fused-ring (bicyclic) bond motifs is 3. The van der Waals surface area contributed by atoms with Gasteiger partial charge in [-0.1, -0.05) is 30.4 Å². The highest BCUT2D eigenvalue weighted by Crippen LogP contribution is 2.59. The fraction of sp³-hybridized carbons (Fsp3) is 0.278. The maximum Gasteiger partial charge on any atom is 0.422 e. The number of allylic oxidation sites excluding steroid dienone is 4. The van der Waals surface area contributed by atoms with Crippen molar-refractivity contribution in [3.63, 3.8) is 0 Å². The molecule has 1 aromatic carbocycles. The first kappa shape index (κ1) is 18.2. The van der Waals surface area contributed by atoms with Gasteiger partial charge in [0, 0.05) is 17.4 Å². The molecule has 25 heavy (non-hydrogen) atoms. The van der Waals surface area contributed by atoms with Gasteiger partial charge in [-0.25, -0.2) is 0 Å². The molecular weight excluding hydrogens is 446 g/mol. The van der Waals surface area contributed by atoms with E-state index in [2.05, 4.69) is 10.1 Å². The number of hydrogen-bond acceptors (Lipinski definition) is 2. The van der Waals surface area contributed by atoms with E-state index in [1.54, 1.807) is 47.2 Å². The predicted molar refractivity (Wildman–Crippen MR) is 96.3 cm³/mol. The molecule has 3 unspecified atom stereocenters. The molecule has 3 atom stereocenters. The van der Waals surface area contributed by atoms with Gasteiger partial charge < -0.3 is 5.11 Å². The summed E-state index contributed by atoms with van der Waals surface area (Å²) in [5.74, 6) is -2.27. The first-order valence-corrected chi connectivity index (χ1v) is 8.66. The molecule has 7 heteroatoms. The SMILES string of the molecule is C=CCc1cc(C(=O)NI)cc2c1C1C=CC=CC1C2(O)C(F)(F)F. The first-order chi connectivity index (χ1) is 11.8. The Morgan fingerprint density at radius 1 is 1.36 bits per heavy atom. The number of carbonyl (C=O) groups excluding carboxylic acids is 1. The fourth-order valence-corrected chi connectivity index (χ4v) is 4.05. The van der Waals surface area contributed by atoms with Crippen LogP contribution in [0.4, 0.5) is 13.2 Å². The van der Waals surface area contributed by atoms with Gasteiger partial charge in [-0.2, -0.15) is 13.2 Å². The zero-order valence-corrected chi connectivity index (χ0v) is 15.1. The Kier molecular flexibility index (Phi) is 4.57. The lowest BCUT2D eigenvalue weighted by atomic mass is 9.80. The summed E-state index contributed by atoms with van der Waals surface area (Å²) < 4.78 is 44.1. The topological polar surface area (TPSA) is 49.3 Å². The number of carbonyl (C=O) groups is 1. The first-order valence-electron chi connectivity index (χ1n) is 7.59. The van der Waals surface area contributed by atoms with Crippen molar-refractivity contribution in [2.75, 3.05) is 0 Å². The number of aliphatic hydroxyl groups is 1. The number of benzene rings is 1. The Labute approximate surface area is 156 Å². The largest absolute Gasteiger partial charge is 0.422 e. The number of amides is 1. The molecule has 0 fully saturated rings. The molecule has 0 aromatic heterocycles. The van der Waals surface area contributed by atoms with Crippen LogP contribution in [0.3, 0.4) is 0 Å². The van der Waals surface area contributed by atoms with Crippen molar-refractivity contribution in [2.45, 2.75) is 24.1 Å². The molecule has 2 aliphatic rings. The molecule has 2 aliphatic carbocycles. The van der Waals surface area contributed by atoms with E-state index in [9.17, 15) is 23.1 Å². The fourth-order valence-electron chi connectivity index (χ4n) is 3.74. The van der Waals surface area contributed by atoms with E-state index < -0.39 is 29.5 Å². The van der Waals surface area contributed by atoms with Gasteiger partial charge in [0.25, 0.3) is 5.91 Å². The van der Waals surface area contributed by atoms with Crippen LogP contribution in [0.5, 0.6) is 0 Å². The quantitative estimate of drug-likeness (QED) is 0.405. The lowest BCUT2D eigenvalue weighted by Crippen LogP contribution is -2.46. The van der Waals surface area contributed by atoms with E-state index >= 15 is 0 Å². The molecule has 0 bridgehead atoms. The van der Waals surface area contributed by atoms with Crippen LogP contribution in [0.2, 0.25) is 0 Å². The summed E-state index contributed by atoms with van der Waals surface area (Å²) >= 11 is 1.63. The number of rotatable bonds is 3. The van der Waals surface area contributed by atoms with Crippen molar-refractivity contribution in [2.24, 2.45) is 5.92 Å². The van der Waals surface area contributed by atoms with Crippen molar-refractivity contribution < 1.29 is 23.1 Å². The third-order valence-electron chi connectivity index (χ3n) is 4.77. The van der Waals surface area contributed by atoms with Crippen molar-refractivity contribution in [3.8, 4) is 0 Å². The lowest BCUT2D eigenvalue weighted by molar-refractivity contribution is -0.278. The summed E-state index contributed by atoms with van der Waals surface area (Å²) in [4.78, 5) is 12.0. The van der Waals surface area contributed by atoms with E-state index in [1.807, 2.05) is 0 Å². The Morgan fingerprint density at radius 2 is 2.04 bits per heavy atom. The molecule has 0 radical (unpaired) electrons. The maximum atomic E-state index is 13.9. The standard InChI is InChI=1S/C18H15F3INO2/c1-2-5-10-8-11(16(24)23-22)9-14-15(10)12-6-3-4-7-13(12)17(14,25)18(19,20)21/h2-4,6-9,12-13,25H,1,5H2,(H,23,24). The van der Waals surface area contributed by atoms with Gasteiger partial charge in [0.05, 0.1) is 22.9 Å². The molecule has 2 N–H and O–H groups in total. The van der Waals surface area contributed by atoms with Crippen LogP contribution in [-0.2, 0) is 12.0 Å². The van der Waals surface area contributed by atoms with Gasteiger partial charge in [-0.15, -0.1) is 6.58 Å². The summed E-state index contributed by atoms with van der Waals surface area (Å²) in [7, 11) is 0. The molecule has 3 rings (SSSR count). The summed E-state index contributed by atoms with van der Waals surface area (Å²) in [5, 5.41) is 10.8. The van der Waals surface area contributed by atoms with Gasteiger partial charge in [-0.3, -0.25) is 8.32 Å². The van der Waals surface area contributed by atoms with E-state index in [4.69, 9.17) is 0 Å². The number of hydrogen-bond donors (Lipinski definition) is 2. The molecule has 1 amide bonds. The summed E-state index contributed by atoms with van der Waals surface area (Å²) in [6.07, 6.45) is 3.24. The molecule has 132 valence electrons. The van der Waals surface area contributed by atoms with Crippen LogP contribution >= 0.6 is 22.9 Å². The molecule has 0 saturated heterocycles. The van der Waals surface area contributed by atoms with Crippen LogP contribution in [0.15, 0.2) is 49.1 Å². The second-order valence-corrected chi connectivity index (χ2v) is 6.64. The van der Waals surface area contributed by atoms with E-state index in [1.165, 1.54) is 12.2 Å². The van der Waals surface area contributed by atoms with Crippen LogP contribution in [0, 0.1) is 5.92 Å². The van der Waals surface area contributed by atoms with Crippen molar-refractivity contribution >= 4 is 28.8 Å². The van der Waals surface area contributed by atoms with Gasteiger partial charge in [0.1, 0.15) is 0 Å². The molecule has 3 nitrogen and oxygen atoms in total. The average Bonchev–Trinajstić information content (AvgIpc) is 2.85. The highest BCUT2D eigenvalue weighted by Gasteiger charge is 2.65. The minimum absolute atomic E-state index is 0.0827. The smallest absolute Gasteiger partial charge is 0.376 e. The molecular formula is C18H15F3INO2. The third-order valence-corrected chi connectivity index (χ3v) is 5.26. The average molecular weight is 461 g/mol. The second kappa shape index (κ2) is 6.28. The molecule has 0 saturated carbocycles. The Morgan fingerprint density at radius 3 is 2.64 bits per heavy atom. The van der Waals surface area contributed by atoms with Crippen LogP contribution in [0.25, 0.3) is 0 Å². The molecule has 0 heterocycles. The lowest BCUT2D eigenvalue weighted by Gasteiger charge is -2.33. The summed E-state index contributed by atoms with van der Waals surface area (Å²) in [6, 6.07) is 2.73. The Hall–Kier alpha value is -1.61.